The molecule has 0 radical (unpaired) electrons. The Morgan fingerprint density at radius 1 is 1.43 bits per heavy atom. The number of rotatable bonds is 3. The number of carbonyl (C=O) groups excluding carboxylic acids is 1. The van der Waals surface area contributed by atoms with Gasteiger partial charge in [-0.05, 0) is 38.9 Å². The average molecular weight is 314 g/mol. The van der Waals surface area contributed by atoms with Crippen LogP contribution in [0, 0.1) is 5.92 Å². The Morgan fingerprint density at radius 3 is 2.95 bits per heavy atom. The van der Waals surface area contributed by atoms with E-state index in [-0.39, 0.29) is 18.3 Å². The van der Waals surface area contributed by atoms with Gasteiger partial charge in [-0.2, -0.15) is 5.10 Å². The van der Waals surface area contributed by atoms with E-state index in [2.05, 4.69) is 32.8 Å². The van der Waals surface area contributed by atoms with Gasteiger partial charge in [0.15, 0.2) is 5.69 Å². The summed E-state index contributed by atoms with van der Waals surface area (Å²) in [6.45, 7) is 4.71. The van der Waals surface area contributed by atoms with Crippen LogP contribution in [0.15, 0.2) is 0 Å². The molecule has 1 fully saturated rings. The predicted octanol–water partition coefficient (Wildman–Crippen LogP) is 0.549. The molecule has 6 nitrogen and oxygen atoms in total. The van der Waals surface area contributed by atoms with Gasteiger partial charge in [0.25, 0.3) is 5.91 Å². The highest BCUT2D eigenvalue weighted by molar-refractivity contribution is 5.94. The predicted molar refractivity (Wildman–Crippen MR) is 83.8 cm³/mol. The number of carbonyl (C=O) groups is 1. The molecule has 2 aliphatic rings. The fraction of sp³-hybridized carbons (Fsp3) is 0.714. The molecule has 0 aromatic carbocycles. The minimum atomic E-state index is -0.0369. The first-order chi connectivity index (χ1) is 9.74. The number of aromatic nitrogens is 2. The summed E-state index contributed by atoms with van der Waals surface area (Å²) < 4.78 is 0. The van der Waals surface area contributed by atoms with Crippen LogP contribution < -0.4 is 10.6 Å². The molecule has 0 aliphatic carbocycles. The van der Waals surface area contributed by atoms with Gasteiger partial charge in [-0.1, -0.05) is 0 Å². The van der Waals surface area contributed by atoms with E-state index in [0.717, 1.165) is 63.2 Å². The van der Waals surface area contributed by atoms with Gasteiger partial charge in [0.1, 0.15) is 0 Å². The van der Waals surface area contributed by atoms with Crippen molar-refractivity contribution in [3.05, 3.63) is 17.0 Å². The Morgan fingerprint density at radius 2 is 2.19 bits per heavy atom. The van der Waals surface area contributed by atoms with Gasteiger partial charge in [-0.3, -0.25) is 9.89 Å². The first kappa shape index (κ1) is 16.3. The van der Waals surface area contributed by atoms with Crippen molar-refractivity contribution in [1.29, 1.82) is 0 Å². The average Bonchev–Trinajstić information content (AvgIpc) is 2.90. The molecular weight excluding hydrogens is 290 g/mol. The maximum atomic E-state index is 12.3. The maximum absolute atomic E-state index is 12.3. The monoisotopic (exact) mass is 313 g/mol. The molecule has 1 saturated heterocycles. The zero-order chi connectivity index (χ0) is 13.9. The standard InChI is InChI=1S/C14H23N5O.ClH/c1-19-6-3-10(4-7-19)8-16-14(20)13-11-9-15-5-2-12(11)17-18-13;/h10,15H,2-9H2,1H3,(H,16,20)(H,17,18);1H. The SMILES string of the molecule is CN1CCC(CNC(=O)c2n[nH]c3c2CNCC3)CC1.Cl. The number of hydrogen-bond donors (Lipinski definition) is 3. The highest BCUT2D eigenvalue weighted by Gasteiger charge is 2.23. The number of H-pyrrole nitrogens is 1. The first-order valence-electron chi connectivity index (χ1n) is 7.47. The molecule has 0 saturated carbocycles. The number of aromatic amines is 1. The van der Waals surface area contributed by atoms with Gasteiger partial charge in [-0.25, -0.2) is 0 Å². The van der Waals surface area contributed by atoms with E-state index in [1.54, 1.807) is 0 Å². The van der Waals surface area contributed by atoms with E-state index in [9.17, 15) is 4.79 Å². The molecule has 0 atom stereocenters. The lowest BCUT2D eigenvalue weighted by Crippen LogP contribution is -2.37. The first-order valence-corrected chi connectivity index (χ1v) is 7.47. The summed E-state index contributed by atoms with van der Waals surface area (Å²) >= 11 is 0. The molecule has 3 heterocycles. The molecule has 3 rings (SSSR count). The van der Waals surface area contributed by atoms with E-state index in [1.807, 2.05) is 0 Å². The fourth-order valence-electron chi connectivity index (χ4n) is 3.00. The zero-order valence-electron chi connectivity index (χ0n) is 12.4. The second kappa shape index (κ2) is 7.24. The second-order valence-corrected chi connectivity index (χ2v) is 5.91. The van der Waals surface area contributed by atoms with Crippen LogP contribution in [0.1, 0.15) is 34.6 Å². The number of piperidine rings is 1. The zero-order valence-corrected chi connectivity index (χ0v) is 13.3. The van der Waals surface area contributed by atoms with Gasteiger partial charge < -0.3 is 15.5 Å². The lowest BCUT2D eigenvalue weighted by Gasteiger charge is -2.28. The molecule has 1 amide bonds. The molecule has 2 aliphatic heterocycles. The van der Waals surface area contributed by atoms with E-state index in [4.69, 9.17) is 0 Å². The van der Waals surface area contributed by atoms with Crippen molar-refractivity contribution < 1.29 is 4.79 Å². The number of hydrogen-bond acceptors (Lipinski definition) is 4. The Labute approximate surface area is 131 Å². The number of amides is 1. The summed E-state index contributed by atoms with van der Waals surface area (Å²) in [6, 6.07) is 0. The second-order valence-electron chi connectivity index (χ2n) is 5.91. The smallest absolute Gasteiger partial charge is 0.272 e. The number of likely N-dealkylation sites (tertiary alicyclic amines) is 1. The lowest BCUT2D eigenvalue weighted by molar-refractivity contribution is 0.0933. The Kier molecular flexibility index (Phi) is 5.61. The third-order valence-corrected chi connectivity index (χ3v) is 4.41. The number of fused-ring (bicyclic) bond motifs is 1. The molecule has 7 heteroatoms. The minimum absolute atomic E-state index is 0. The van der Waals surface area contributed by atoms with Crippen LogP contribution >= 0.6 is 12.4 Å². The van der Waals surface area contributed by atoms with E-state index in [0.29, 0.717) is 11.6 Å². The molecular formula is C14H24ClN5O. The van der Waals surface area contributed by atoms with Crippen molar-refractivity contribution in [2.75, 3.05) is 33.2 Å². The lowest BCUT2D eigenvalue weighted by atomic mass is 9.97. The normalized spacial score (nSPS) is 19.7. The van der Waals surface area contributed by atoms with E-state index >= 15 is 0 Å². The fourth-order valence-corrected chi connectivity index (χ4v) is 3.00. The van der Waals surface area contributed by atoms with E-state index in [1.165, 1.54) is 0 Å². The largest absolute Gasteiger partial charge is 0.350 e. The molecule has 118 valence electrons. The van der Waals surface area contributed by atoms with Crippen LogP contribution in [-0.4, -0.2) is 54.2 Å². The van der Waals surface area contributed by atoms with Gasteiger partial charge in [-0.15, -0.1) is 12.4 Å². The molecule has 0 spiro atoms. The van der Waals surface area contributed by atoms with Crippen molar-refractivity contribution in [3.63, 3.8) is 0 Å². The number of nitrogens with one attached hydrogen (secondary N) is 3. The summed E-state index contributed by atoms with van der Waals surface area (Å²) in [5.41, 5.74) is 2.71. The third kappa shape index (κ3) is 3.75. The highest BCUT2D eigenvalue weighted by atomic mass is 35.5. The Bertz CT molecular complexity index is 482. The van der Waals surface area contributed by atoms with Crippen molar-refractivity contribution >= 4 is 18.3 Å². The van der Waals surface area contributed by atoms with E-state index < -0.39 is 0 Å². The van der Waals surface area contributed by atoms with Gasteiger partial charge in [0, 0.05) is 37.3 Å². The summed E-state index contributed by atoms with van der Waals surface area (Å²) in [5, 5.41) is 13.5. The molecule has 0 bridgehead atoms. The van der Waals surface area contributed by atoms with Crippen molar-refractivity contribution in [3.8, 4) is 0 Å². The van der Waals surface area contributed by atoms with Crippen LogP contribution in [0.25, 0.3) is 0 Å². The minimum Gasteiger partial charge on any atom is -0.350 e. The molecule has 0 unspecified atom stereocenters. The van der Waals surface area contributed by atoms with Crippen LogP contribution in [0.2, 0.25) is 0 Å². The van der Waals surface area contributed by atoms with Crippen LogP contribution in [0.5, 0.6) is 0 Å². The highest BCUT2D eigenvalue weighted by Crippen LogP contribution is 2.17. The summed E-state index contributed by atoms with van der Waals surface area (Å²) in [5.74, 6) is 0.563. The van der Waals surface area contributed by atoms with Gasteiger partial charge >= 0.3 is 0 Å². The van der Waals surface area contributed by atoms with Crippen LogP contribution in [-0.2, 0) is 13.0 Å². The van der Waals surface area contributed by atoms with Crippen molar-refractivity contribution in [2.45, 2.75) is 25.8 Å². The summed E-state index contributed by atoms with van der Waals surface area (Å²) in [4.78, 5) is 14.6. The van der Waals surface area contributed by atoms with Crippen molar-refractivity contribution in [2.24, 2.45) is 5.92 Å². The molecule has 21 heavy (non-hydrogen) atoms. The number of nitrogens with zero attached hydrogens (tertiary/aromatic N) is 2. The van der Waals surface area contributed by atoms with Crippen LogP contribution in [0.3, 0.4) is 0 Å². The van der Waals surface area contributed by atoms with Gasteiger partial charge in [0.05, 0.1) is 0 Å². The summed E-state index contributed by atoms with van der Waals surface area (Å²) in [6.07, 6.45) is 3.25. The summed E-state index contributed by atoms with van der Waals surface area (Å²) in [7, 11) is 2.15. The van der Waals surface area contributed by atoms with Gasteiger partial charge in [0.2, 0.25) is 0 Å². The van der Waals surface area contributed by atoms with Crippen LogP contribution in [0.4, 0.5) is 0 Å². The topological polar surface area (TPSA) is 73.0 Å². The van der Waals surface area contributed by atoms with Crippen molar-refractivity contribution in [1.82, 2.24) is 25.7 Å². The number of halogens is 1. The quantitative estimate of drug-likeness (QED) is 0.762. The maximum Gasteiger partial charge on any atom is 0.272 e. The molecule has 1 aromatic rings. The Hall–Kier alpha value is -1.11. The Balaban J connectivity index is 0.00000161. The molecule has 1 aromatic heterocycles. The molecule has 3 N–H and O–H groups in total. The third-order valence-electron chi connectivity index (χ3n) is 4.41.